The first-order chi connectivity index (χ1) is 7.49. The predicted molar refractivity (Wildman–Crippen MR) is 61.1 cm³/mol. The van der Waals surface area contributed by atoms with Crippen LogP contribution in [0.15, 0.2) is 23.1 Å². The molecular formula is C9H15N3O3S. The number of rotatable bonds is 6. The van der Waals surface area contributed by atoms with Crippen LogP contribution >= 0.6 is 0 Å². The van der Waals surface area contributed by atoms with Gasteiger partial charge in [-0.05, 0) is 6.07 Å². The first kappa shape index (κ1) is 12.9. The van der Waals surface area contributed by atoms with E-state index in [2.05, 4.69) is 10.4 Å². The van der Waals surface area contributed by atoms with Gasteiger partial charge in [0.05, 0.1) is 12.3 Å². The van der Waals surface area contributed by atoms with E-state index in [0.29, 0.717) is 19.6 Å². The van der Waals surface area contributed by atoms with E-state index < -0.39 is 9.84 Å². The molecule has 0 saturated carbocycles. The molecule has 0 radical (unpaired) electrons. The minimum absolute atomic E-state index is 0.101. The van der Waals surface area contributed by atoms with Crippen LogP contribution in [0.25, 0.3) is 0 Å². The molecule has 1 aromatic heterocycles. The molecule has 0 unspecified atom stereocenters. The lowest BCUT2D eigenvalue weighted by Crippen LogP contribution is -2.30. The Morgan fingerprint density at radius 1 is 1.44 bits per heavy atom. The normalized spacial score (nSPS) is 11.6. The van der Waals surface area contributed by atoms with E-state index in [1.165, 1.54) is 23.2 Å². The maximum Gasteiger partial charge on any atom is 0.266 e. The Kier molecular flexibility index (Phi) is 4.63. The van der Waals surface area contributed by atoms with Crippen molar-refractivity contribution in [2.75, 3.05) is 25.1 Å². The molecule has 0 bridgehead atoms. The summed E-state index contributed by atoms with van der Waals surface area (Å²) in [6.45, 7) is 1.34. The molecule has 0 saturated heterocycles. The summed E-state index contributed by atoms with van der Waals surface area (Å²) in [6.07, 6.45) is 2.73. The summed E-state index contributed by atoms with van der Waals surface area (Å²) in [5.74, 6) is 0.101. The summed E-state index contributed by atoms with van der Waals surface area (Å²) in [7, 11) is -2.92. The van der Waals surface area contributed by atoms with Gasteiger partial charge in [-0.1, -0.05) is 0 Å². The molecule has 90 valence electrons. The highest BCUT2D eigenvalue weighted by Gasteiger charge is 2.00. The fourth-order valence-electron chi connectivity index (χ4n) is 1.12. The number of nitrogens with one attached hydrogen (secondary N) is 1. The molecule has 0 fully saturated rings. The third-order valence-corrected chi connectivity index (χ3v) is 2.88. The Morgan fingerprint density at radius 3 is 2.81 bits per heavy atom. The van der Waals surface area contributed by atoms with Crippen LogP contribution in [-0.4, -0.2) is 43.3 Å². The number of hydrogen-bond donors (Lipinski definition) is 1. The summed E-state index contributed by atoms with van der Waals surface area (Å²) >= 11 is 0. The molecule has 0 amide bonds. The van der Waals surface area contributed by atoms with Gasteiger partial charge in [0.1, 0.15) is 9.84 Å². The first-order valence-electron chi connectivity index (χ1n) is 4.89. The average molecular weight is 245 g/mol. The Morgan fingerprint density at radius 2 is 2.19 bits per heavy atom. The van der Waals surface area contributed by atoms with Crippen LogP contribution in [-0.2, 0) is 16.4 Å². The minimum atomic E-state index is -2.92. The smallest absolute Gasteiger partial charge is 0.266 e. The zero-order valence-corrected chi connectivity index (χ0v) is 9.90. The van der Waals surface area contributed by atoms with Crippen LogP contribution in [0, 0.1) is 0 Å². The summed E-state index contributed by atoms with van der Waals surface area (Å²) in [5, 5.41) is 6.81. The van der Waals surface area contributed by atoms with Crippen LogP contribution in [0.5, 0.6) is 0 Å². The topological polar surface area (TPSA) is 81.1 Å². The third-order valence-electron chi connectivity index (χ3n) is 1.94. The van der Waals surface area contributed by atoms with Gasteiger partial charge in [0.15, 0.2) is 0 Å². The molecule has 1 heterocycles. The van der Waals surface area contributed by atoms with Gasteiger partial charge in [-0.25, -0.2) is 13.1 Å². The van der Waals surface area contributed by atoms with E-state index >= 15 is 0 Å². The van der Waals surface area contributed by atoms with Crippen molar-refractivity contribution in [1.82, 2.24) is 15.1 Å². The minimum Gasteiger partial charge on any atom is -0.314 e. The highest BCUT2D eigenvalue weighted by molar-refractivity contribution is 7.90. The quantitative estimate of drug-likeness (QED) is 0.642. The largest absolute Gasteiger partial charge is 0.314 e. The fraction of sp³-hybridized carbons (Fsp3) is 0.556. The van der Waals surface area contributed by atoms with E-state index in [1.54, 1.807) is 6.07 Å². The molecule has 0 spiro atoms. The Labute approximate surface area is 94.2 Å². The summed E-state index contributed by atoms with van der Waals surface area (Å²) in [6, 6.07) is 3.01. The molecule has 0 atom stereocenters. The molecule has 1 N–H and O–H groups in total. The number of aromatic nitrogens is 2. The number of nitrogens with zero attached hydrogens (tertiary/aromatic N) is 2. The van der Waals surface area contributed by atoms with Crippen molar-refractivity contribution in [3.8, 4) is 0 Å². The molecular weight excluding hydrogens is 230 g/mol. The van der Waals surface area contributed by atoms with Crippen LogP contribution in [0.4, 0.5) is 0 Å². The first-order valence-corrected chi connectivity index (χ1v) is 6.96. The average Bonchev–Trinajstić information content (AvgIpc) is 2.18. The van der Waals surface area contributed by atoms with Gasteiger partial charge >= 0.3 is 0 Å². The zero-order chi connectivity index (χ0) is 12.0. The van der Waals surface area contributed by atoms with Gasteiger partial charge in [-0.15, -0.1) is 0 Å². The van der Waals surface area contributed by atoms with E-state index in [9.17, 15) is 13.2 Å². The summed E-state index contributed by atoms with van der Waals surface area (Å²) < 4.78 is 22.9. The highest BCUT2D eigenvalue weighted by Crippen LogP contribution is 1.80. The SMILES string of the molecule is CS(=O)(=O)CCNCCn1ncccc1=O. The maximum absolute atomic E-state index is 11.2. The van der Waals surface area contributed by atoms with E-state index in [-0.39, 0.29) is 11.3 Å². The van der Waals surface area contributed by atoms with Gasteiger partial charge < -0.3 is 5.32 Å². The second-order valence-corrected chi connectivity index (χ2v) is 5.72. The van der Waals surface area contributed by atoms with Gasteiger partial charge in [0, 0.05) is 31.6 Å². The van der Waals surface area contributed by atoms with Crippen molar-refractivity contribution >= 4 is 9.84 Å². The van der Waals surface area contributed by atoms with Crippen LogP contribution in [0.1, 0.15) is 0 Å². The number of hydrogen-bond acceptors (Lipinski definition) is 5. The Bertz CT molecular complexity index is 481. The zero-order valence-electron chi connectivity index (χ0n) is 9.09. The Hall–Kier alpha value is -1.21. The third kappa shape index (κ3) is 5.04. The molecule has 1 aromatic rings. The van der Waals surface area contributed by atoms with Crippen molar-refractivity contribution in [2.24, 2.45) is 0 Å². The summed E-state index contributed by atoms with van der Waals surface area (Å²) in [5.41, 5.74) is -0.160. The van der Waals surface area contributed by atoms with Crippen LogP contribution in [0.2, 0.25) is 0 Å². The monoisotopic (exact) mass is 245 g/mol. The molecule has 7 heteroatoms. The lowest BCUT2D eigenvalue weighted by Gasteiger charge is -2.05. The molecule has 0 aromatic carbocycles. The lowest BCUT2D eigenvalue weighted by atomic mass is 10.5. The molecule has 0 aliphatic carbocycles. The second-order valence-electron chi connectivity index (χ2n) is 3.46. The maximum atomic E-state index is 11.2. The van der Waals surface area contributed by atoms with Gasteiger partial charge in [-0.2, -0.15) is 5.10 Å². The van der Waals surface area contributed by atoms with Crippen LogP contribution < -0.4 is 10.9 Å². The van der Waals surface area contributed by atoms with Crippen molar-refractivity contribution in [1.29, 1.82) is 0 Å². The van der Waals surface area contributed by atoms with E-state index in [0.717, 1.165) is 0 Å². The van der Waals surface area contributed by atoms with Crippen LogP contribution in [0.3, 0.4) is 0 Å². The predicted octanol–water partition coefficient (Wildman–Crippen LogP) is -1.12. The lowest BCUT2D eigenvalue weighted by molar-refractivity contribution is 0.537. The van der Waals surface area contributed by atoms with Gasteiger partial charge in [0.25, 0.3) is 5.56 Å². The Balaban J connectivity index is 2.27. The molecule has 6 nitrogen and oxygen atoms in total. The van der Waals surface area contributed by atoms with Crippen molar-refractivity contribution < 1.29 is 8.42 Å². The molecule has 1 rings (SSSR count). The van der Waals surface area contributed by atoms with Gasteiger partial charge in [-0.3, -0.25) is 4.79 Å². The molecule has 16 heavy (non-hydrogen) atoms. The fourth-order valence-corrected chi connectivity index (χ4v) is 1.64. The van der Waals surface area contributed by atoms with E-state index in [4.69, 9.17) is 0 Å². The second kappa shape index (κ2) is 5.76. The van der Waals surface area contributed by atoms with Crippen molar-refractivity contribution in [3.63, 3.8) is 0 Å². The number of sulfone groups is 1. The molecule has 0 aliphatic rings. The van der Waals surface area contributed by atoms with Crippen molar-refractivity contribution in [3.05, 3.63) is 28.7 Å². The standard InChI is InChI=1S/C9H15N3O3S/c1-16(14,15)8-6-10-5-7-12-9(13)3-2-4-11-12/h2-4,10H,5-8H2,1H3. The van der Waals surface area contributed by atoms with Gasteiger partial charge in [0.2, 0.25) is 0 Å². The summed E-state index contributed by atoms with van der Waals surface area (Å²) in [4.78, 5) is 11.2. The molecule has 0 aliphatic heterocycles. The highest BCUT2D eigenvalue weighted by atomic mass is 32.2. The van der Waals surface area contributed by atoms with E-state index in [1.807, 2.05) is 0 Å². The van der Waals surface area contributed by atoms with Crippen molar-refractivity contribution in [2.45, 2.75) is 6.54 Å².